The van der Waals surface area contributed by atoms with Crippen molar-refractivity contribution < 1.29 is 27.9 Å². The molecule has 3 heterocycles. The maximum Gasteiger partial charge on any atom is 0.437 e. The number of aliphatic hydroxyl groups excluding tert-OH is 1. The van der Waals surface area contributed by atoms with Crippen LogP contribution in [-0.4, -0.2) is 42.2 Å². The number of rotatable bonds is 2. The van der Waals surface area contributed by atoms with Crippen LogP contribution in [0.4, 0.5) is 18.2 Å². The van der Waals surface area contributed by atoms with Gasteiger partial charge in [-0.1, -0.05) is 5.16 Å². The van der Waals surface area contributed by atoms with E-state index in [-0.39, 0.29) is 6.10 Å². The second-order valence-corrected chi connectivity index (χ2v) is 5.70. The summed E-state index contributed by atoms with van der Waals surface area (Å²) >= 11 is 1.23. The molecule has 2 aliphatic rings. The molecule has 0 radical (unpaired) electrons. The summed E-state index contributed by atoms with van der Waals surface area (Å²) in [6.45, 7) is 0.988. The standard InChI is InChI=1S/C12H9F3N2O3S/c13-12(14,15)10-8(11(19)20-16-10)3-7-1-2-9(21-7)17-4-6(18)5-17/h1-3,6,18H,4-5H2/b8-3-. The van der Waals surface area contributed by atoms with Gasteiger partial charge in [-0.2, -0.15) is 13.2 Å². The maximum atomic E-state index is 12.7. The lowest BCUT2D eigenvalue weighted by Crippen LogP contribution is -2.50. The van der Waals surface area contributed by atoms with Crippen molar-refractivity contribution in [3.05, 3.63) is 22.6 Å². The molecule has 0 saturated carbocycles. The molecule has 0 unspecified atom stereocenters. The minimum Gasteiger partial charge on any atom is -0.389 e. The summed E-state index contributed by atoms with van der Waals surface area (Å²) in [6.07, 6.45) is -3.99. The summed E-state index contributed by atoms with van der Waals surface area (Å²) < 4.78 is 38.1. The Labute approximate surface area is 120 Å². The Kier molecular flexibility index (Phi) is 3.25. The number of carbonyl (C=O) groups excluding carboxylic acids is 1. The lowest BCUT2D eigenvalue weighted by atomic mass is 10.1. The molecule has 1 N–H and O–H groups in total. The van der Waals surface area contributed by atoms with E-state index < -0.39 is 23.4 Å². The van der Waals surface area contributed by atoms with Crippen molar-refractivity contribution in [2.24, 2.45) is 5.16 Å². The molecule has 1 fully saturated rings. The highest BCUT2D eigenvalue weighted by molar-refractivity contribution is 7.17. The van der Waals surface area contributed by atoms with E-state index in [9.17, 15) is 23.1 Å². The van der Waals surface area contributed by atoms with E-state index in [4.69, 9.17) is 0 Å². The number of anilines is 1. The number of aliphatic hydroxyl groups is 1. The summed E-state index contributed by atoms with van der Waals surface area (Å²) in [5.74, 6) is -1.11. The molecule has 0 aromatic carbocycles. The van der Waals surface area contributed by atoms with E-state index in [2.05, 4.69) is 9.99 Å². The number of oxime groups is 1. The zero-order chi connectivity index (χ0) is 15.2. The summed E-state index contributed by atoms with van der Waals surface area (Å²) in [6, 6.07) is 3.34. The normalized spacial score (nSPS) is 21.5. The van der Waals surface area contributed by atoms with Gasteiger partial charge in [0, 0.05) is 18.0 Å². The molecule has 0 spiro atoms. The first-order valence-corrected chi connectivity index (χ1v) is 6.77. The predicted octanol–water partition coefficient (Wildman–Crippen LogP) is 1.79. The lowest BCUT2D eigenvalue weighted by molar-refractivity contribution is -0.136. The second-order valence-electron chi connectivity index (χ2n) is 4.61. The molecule has 1 saturated heterocycles. The average Bonchev–Trinajstić information content (AvgIpc) is 2.93. The smallest absolute Gasteiger partial charge is 0.389 e. The van der Waals surface area contributed by atoms with E-state index in [1.165, 1.54) is 11.3 Å². The van der Waals surface area contributed by atoms with Gasteiger partial charge < -0.3 is 14.8 Å². The first-order valence-electron chi connectivity index (χ1n) is 5.96. The molecule has 0 aliphatic carbocycles. The summed E-state index contributed by atoms with van der Waals surface area (Å²) in [7, 11) is 0. The number of halogens is 3. The molecule has 21 heavy (non-hydrogen) atoms. The molecule has 0 atom stereocenters. The highest BCUT2D eigenvalue weighted by atomic mass is 32.1. The SMILES string of the molecule is O=C1ON=C(C(F)(F)F)/C1=C/c1ccc(N2CC(O)C2)s1. The van der Waals surface area contributed by atoms with Crippen LogP contribution in [0.15, 0.2) is 22.9 Å². The number of thiophene rings is 1. The monoisotopic (exact) mass is 318 g/mol. The third-order valence-corrected chi connectivity index (χ3v) is 4.13. The zero-order valence-electron chi connectivity index (χ0n) is 10.4. The highest BCUT2D eigenvalue weighted by Crippen LogP contribution is 2.33. The molecule has 3 rings (SSSR count). The number of alkyl halides is 3. The molecule has 2 aliphatic heterocycles. The van der Waals surface area contributed by atoms with Crippen LogP contribution >= 0.6 is 11.3 Å². The van der Waals surface area contributed by atoms with Gasteiger partial charge in [-0.15, -0.1) is 11.3 Å². The van der Waals surface area contributed by atoms with E-state index in [0.29, 0.717) is 18.0 Å². The molecule has 1 aromatic heterocycles. The van der Waals surface area contributed by atoms with Gasteiger partial charge in [-0.3, -0.25) is 0 Å². The fourth-order valence-electron chi connectivity index (χ4n) is 1.98. The van der Waals surface area contributed by atoms with Crippen molar-refractivity contribution >= 4 is 34.1 Å². The Balaban J connectivity index is 1.84. The number of nitrogens with zero attached hydrogens (tertiary/aromatic N) is 2. The Hall–Kier alpha value is -1.87. The fourth-order valence-corrected chi connectivity index (χ4v) is 2.95. The van der Waals surface area contributed by atoms with Crippen molar-refractivity contribution in [3.8, 4) is 0 Å². The van der Waals surface area contributed by atoms with Crippen molar-refractivity contribution in [3.63, 3.8) is 0 Å². The summed E-state index contributed by atoms with van der Waals surface area (Å²) in [5.41, 5.74) is -1.92. The molecular weight excluding hydrogens is 309 g/mol. The first kappa shape index (κ1) is 14.1. The van der Waals surface area contributed by atoms with Crippen LogP contribution in [0, 0.1) is 0 Å². The van der Waals surface area contributed by atoms with Crippen LogP contribution in [0.3, 0.4) is 0 Å². The molecule has 5 nitrogen and oxygen atoms in total. The van der Waals surface area contributed by atoms with Crippen molar-refractivity contribution in [2.45, 2.75) is 12.3 Å². The Morgan fingerprint density at radius 2 is 2.14 bits per heavy atom. The van der Waals surface area contributed by atoms with Gasteiger partial charge in [0.25, 0.3) is 0 Å². The Morgan fingerprint density at radius 1 is 1.43 bits per heavy atom. The van der Waals surface area contributed by atoms with Crippen molar-refractivity contribution in [2.75, 3.05) is 18.0 Å². The maximum absolute atomic E-state index is 12.7. The van der Waals surface area contributed by atoms with Gasteiger partial charge in [0.15, 0.2) is 5.71 Å². The Morgan fingerprint density at radius 3 is 2.76 bits per heavy atom. The summed E-state index contributed by atoms with van der Waals surface area (Å²) in [4.78, 5) is 17.8. The van der Waals surface area contributed by atoms with Gasteiger partial charge in [0.1, 0.15) is 0 Å². The minimum atomic E-state index is -4.74. The number of β-amino-alcohol motifs (C(OH)–C–C–N with tert-alkyl or cyclic N) is 1. The molecule has 0 bridgehead atoms. The average molecular weight is 318 g/mol. The van der Waals surface area contributed by atoms with Gasteiger partial charge in [-0.25, -0.2) is 4.79 Å². The lowest BCUT2D eigenvalue weighted by Gasteiger charge is -2.36. The molecule has 112 valence electrons. The largest absolute Gasteiger partial charge is 0.437 e. The van der Waals surface area contributed by atoms with Crippen LogP contribution in [0.5, 0.6) is 0 Å². The first-order chi connectivity index (χ1) is 9.84. The predicted molar refractivity (Wildman–Crippen MR) is 70.1 cm³/mol. The van der Waals surface area contributed by atoms with E-state index >= 15 is 0 Å². The van der Waals surface area contributed by atoms with Crippen LogP contribution in [0.1, 0.15) is 4.88 Å². The van der Waals surface area contributed by atoms with Crippen LogP contribution in [0.2, 0.25) is 0 Å². The number of hydrogen-bond acceptors (Lipinski definition) is 6. The number of carbonyl (C=O) groups is 1. The van der Waals surface area contributed by atoms with Gasteiger partial charge >= 0.3 is 12.1 Å². The third kappa shape index (κ3) is 2.66. The molecule has 0 amide bonds. The highest BCUT2D eigenvalue weighted by Gasteiger charge is 2.45. The topological polar surface area (TPSA) is 62.1 Å². The van der Waals surface area contributed by atoms with Gasteiger partial charge in [0.2, 0.25) is 0 Å². The molecule has 9 heteroatoms. The minimum absolute atomic E-state index is 0.373. The van der Waals surface area contributed by atoms with Gasteiger partial charge in [-0.05, 0) is 18.2 Å². The Bertz CT molecular complexity index is 644. The fraction of sp³-hybridized carbons (Fsp3) is 0.333. The van der Waals surface area contributed by atoms with E-state index in [1.807, 2.05) is 4.90 Å². The van der Waals surface area contributed by atoms with E-state index in [1.54, 1.807) is 12.1 Å². The zero-order valence-corrected chi connectivity index (χ0v) is 11.2. The van der Waals surface area contributed by atoms with Crippen molar-refractivity contribution in [1.29, 1.82) is 0 Å². The van der Waals surface area contributed by atoms with Crippen LogP contribution in [-0.2, 0) is 9.63 Å². The van der Waals surface area contributed by atoms with Crippen LogP contribution < -0.4 is 4.90 Å². The van der Waals surface area contributed by atoms with Crippen LogP contribution in [0.25, 0.3) is 6.08 Å². The molecule has 1 aromatic rings. The van der Waals surface area contributed by atoms with Crippen molar-refractivity contribution in [1.82, 2.24) is 0 Å². The third-order valence-electron chi connectivity index (χ3n) is 3.04. The van der Waals surface area contributed by atoms with E-state index in [0.717, 1.165) is 11.1 Å². The second kappa shape index (κ2) is 4.85. The number of hydrogen-bond donors (Lipinski definition) is 1. The quantitative estimate of drug-likeness (QED) is 0.667. The molecular formula is C12H9F3N2O3S. The summed E-state index contributed by atoms with van der Waals surface area (Å²) in [5, 5.41) is 12.8. The van der Waals surface area contributed by atoms with Gasteiger partial charge in [0.05, 0.1) is 16.7 Å².